The topological polar surface area (TPSA) is 68.2 Å². The number of thioether (sulfide) groups is 1. The van der Waals surface area contributed by atoms with Crippen LogP contribution in [0.1, 0.15) is 21.3 Å². The Labute approximate surface area is 155 Å². The van der Waals surface area contributed by atoms with E-state index in [1.807, 2.05) is 30.3 Å². The molecule has 3 rings (SSSR count). The van der Waals surface area contributed by atoms with Crippen molar-refractivity contribution in [2.45, 2.75) is 5.37 Å². The summed E-state index contributed by atoms with van der Waals surface area (Å²) >= 11 is 1.37. The highest BCUT2D eigenvalue weighted by Gasteiger charge is 2.32. The molecule has 0 radical (unpaired) electrons. The number of Topliss-reactive ketones (excluding diaryl/α,β-unsaturated/α-hetero) is 1. The van der Waals surface area contributed by atoms with Gasteiger partial charge in [0.25, 0.3) is 0 Å². The SMILES string of the molecule is COc1cc(C(=O)C2=CSC(c3ccccc3)N2O)cc(OC)c1OC. The van der Waals surface area contributed by atoms with E-state index < -0.39 is 0 Å². The van der Waals surface area contributed by atoms with Crippen molar-refractivity contribution in [1.29, 1.82) is 0 Å². The molecule has 1 aliphatic heterocycles. The van der Waals surface area contributed by atoms with Gasteiger partial charge in [0.2, 0.25) is 11.5 Å². The highest BCUT2D eigenvalue weighted by Crippen LogP contribution is 2.43. The molecule has 26 heavy (non-hydrogen) atoms. The van der Waals surface area contributed by atoms with Crippen molar-refractivity contribution >= 4 is 17.5 Å². The average molecular weight is 373 g/mol. The number of methoxy groups -OCH3 is 3. The third-order valence-corrected chi connectivity index (χ3v) is 5.11. The fourth-order valence-corrected chi connectivity index (χ4v) is 3.74. The summed E-state index contributed by atoms with van der Waals surface area (Å²) in [7, 11) is 4.47. The number of hydroxylamine groups is 2. The van der Waals surface area contributed by atoms with Crippen LogP contribution < -0.4 is 14.2 Å². The zero-order valence-corrected chi connectivity index (χ0v) is 15.4. The predicted molar refractivity (Wildman–Crippen MR) is 98.9 cm³/mol. The zero-order chi connectivity index (χ0) is 18.7. The van der Waals surface area contributed by atoms with E-state index in [-0.39, 0.29) is 16.9 Å². The molecule has 2 aromatic carbocycles. The monoisotopic (exact) mass is 373 g/mol. The van der Waals surface area contributed by atoms with Crippen LogP contribution in [-0.4, -0.2) is 37.4 Å². The van der Waals surface area contributed by atoms with Crippen molar-refractivity contribution in [1.82, 2.24) is 5.06 Å². The lowest BCUT2D eigenvalue weighted by Crippen LogP contribution is -2.23. The molecule has 0 aliphatic carbocycles. The Balaban J connectivity index is 1.90. The molecule has 0 aromatic heterocycles. The fourth-order valence-electron chi connectivity index (χ4n) is 2.72. The molecule has 7 heteroatoms. The number of ketones is 1. The molecule has 1 heterocycles. The van der Waals surface area contributed by atoms with Crippen molar-refractivity contribution in [3.05, 3.63) is 64.7 Å². The molecular formula is C19H19NO5S. The highest BCUT2D eigenvalue weighted by atomic mass is 32.2. The van der Waals surface area contributed by atoms with Crippen LogP contribution in [0.3, 0.4) is 0 Å². The van der Waals surface area contributed by atoms with E-state index in [1.54, 1.807) is 17.5 Å². The van der Waals surface area contributed by atoms with E-state index in [0.29, 0.717) is 22.8 Å². The molecule has 1 unspecified atom stereocenters. The van der Waals surface area contributed by atoms with Crippen molar-refractivity contribution < 1.29 is 24.2 Å². The second-order valence-corrected chi connectivity index (χ2v) is 6.44. The number of hydrogen-bond acceptors (Lipinski definition) is 7. The minimum Gasteiger partial charge on any atom is -0.493 e. The van der Waals surface area contributed by atoms with Gasteiger partial charge in [0.1, 0.15) is 11.1 Å². The van der Waals surface area contributed by atoms with Crippen LogP contribution in [0.15, 0.2) is 53.6 Å². The number of carbonyl (C=O) groups is 1. The molecule has 1 aliphatic rings. The Bertz CT molecular complexity index is 812. The lowest BCUT2D eigenvalue weighted by molar-refractivity contribution is -0.0610. The van der Waals surface area contributed by atoms with Gasteiger partial charge in [0, 0.05) is 11.0 Å². The summed E-state index contributed by atoms with van der Waals surface area (Å²) < 4.78 is 15.9. The predicted octanol–water partition coefficient (Wildman–Crippen LogP) is 3.87. The zero-order valence-electron chi connectivity index (χ0n) is 14.6. The molecule has 136 valence electrons. The first-order valence-corrected chi connectivity index (χ1v) is 8.78. The number of rotatable bonds is 6. The first-order valence-electron chi connectivity index (χ1n) is 7.84. The quantitative estimate of drug-likeness (QED) is 0.771. The molecule has 0 bridgehead atoms. The van der Waals surface area contributed by atoms with Gasteiger partial charge >= 0.3 is 0 Å². The van der Waals surface area contributed by atoms with E-state index in [4.69, 9.17) is 14.2 Å². The lowest BCUT2D eigenvalue weighted by atomic mass is 10.1. The van der Waals surface area contributed by atoms with Gasteiger partial charge in [-0.2, -0.15) is 0 Å². The summed E-state index contributed by atoms with van der Waals surface area (Å²) in [5.41, 5.74) is 1.43. The number of benzene rings is 2. The van der Waals surface area contributed by atoms with Gasteiger partial charge in [-0.3, -0.25) is 10.0 Å². The maximum Gasteiger partial charge on any atom is 0.212 e. The van der Waals surface area contributed by atoms with Crippen molar-refractivity contribution in [2.75, 3.05) is 21.3 Å². The van der Waals surface area contributed by atoms with Crippen molar-refractivity contribution in [2.24, 2.45) is 0 Å². The molecule has 1 N–H and O–H groups in total. The van der Waals surface area contributed by atoms with Crippen molar-refractivity contribution in [3.63, 3.8) is 0 Å². The van der Waals surface area contributed by atoms with Crippen LogP contribution >= 0.6 is 11.8 Å². The normalized spacial score (nSPS) is 16.2. The van der Waals surface area contributed by atoms with E-state index in [2.05, 4.69) is 0 Å². The first kappa shape index (κ1) is 18.2. The highest BCUT2D eigenvalue weighted by molar-refractivity contribution is 8.02. The third-order valence-electron chi connectivity index (χ3n) is 4.02. The van der Waals surface area contributed by atoms with Crippen LogP contribution in [0.5, 0.6) is 17.2 Å². The molecule has 6 nitrogen and oxygen atoms in total. The molecule has 0 amide bonds. The van der Waals surface area contributed by atoms with E-state index in [9.17, 15) is 10.0 Å². The average Bonchev–Trinajstić information content (AvgIpc) is 3.08. The van der Waals surface area contributed by atoms with Crippen LogP contribution in [0, 0.1) is 0 Å². The smallest absolute Gasteiger partial charge is 0.212 e. The summed E-state index contributed by atoms with van der Waals surface area (Å²) in [4.78, 5) is 12.9. The number of carbonyl (C=O) groups excluding carboxylic acids is 1. The molecule has 0 spiro atoms. The molecule has 2 aromatic rings. The van der Waals surface area contributed by atoms with Crippen LogP contribution in [0.2, 0.25) is 0 Å². The summed E-state index contributed by atoms with van der Waals surface area (Å²) in [6, 6.07) is 12.6. The number of allylic oxidation sites excluding steroid dienone is 1. The van der Waals surface area contributed by atoms with Crippen LogP contribution in [0.4, 0.5) is 0 Å². The van der Waals surface area contributed by atoms with Gasteiger partial charge in [-0.15, -0.1) is 0 Å². The van der Waals surface area contributed by atoms with Crippen molar-refractivity contribution in [3.8, 4) is 17.2 Å². The third kappa shape index (κ3) is 3.23. The van der Waals surface area contributed by atoms with Gasteiger partial charge in [-0.05, 0) is 17.7 Å². The Kier molecular flexibility index (Phi) is 5.39. The van der Waals surface area contributed by atoms with E-state index in [1.165, 1.54) is 33.1 Å². The largest absolute Gasteiger partial charge is 0.493 e. The Morgan fingerprint density at radius 2 is 1.65 bits per heavy atom. The van der Waals surface area contributed by atoms with Gasteiger partial charge < -0.3 is 14.2 Å². The Hall–Kier alpha value is -2.64. The van der Waals surface area contributed by atoms with Gasteiger partial charge in [0.05, 0.1) is 21.3 Å². The number of ether oxygens (including phenoxy) is 3. The molecule has 0 fully saturated rings. The minimum absolute atomic E-state index is 0.193. The minimum atomic E-state index is -0.364. The second kappa shape index (κ2) is 7.72. The second-order valence-electron chi connectivity index (χ2n) is 5.49. The lowest BCUT2D eigenvalue weighted by Gasteiger charge is -2.22. The van der Waals surface area contributed by atoms with Crippen LogP contribution in [-0.2, 0) is 0 Å². The Morgan fingerprint density at radius 3 is 2.19 bits per heavy atom. The molecule has 0 saturated carbocycles. The summed E-state index contributed by atoms with van der Waals surface area (Å²) in [6.45, 7) is 0. The van der Waals surface area contributed by atoms with Gasteiger partial charge in [-0.1, -0.05) is 42.1 Å². The fraction of sp³-hybridized carbons (Fsp3) is 0.211. The Morgan fingerprint density at radius 1 is 1.04 bits per heavy atom. The van der Waals surface area contributed by atoms with Crippen LogP contribution in [0.25, 0.3) is 0 Å². The van der Waals surface area contributed by atoms with Gasteiger partial charge in [0.15, 0.2) is 11.5 Å². The maximum absolute atomic E-state index is 12.9. The summed E-state index contributed by atoms with van der Waals surface area (Å²) in [6.07, 6.45) is 0. The first-order chi connectivity index (χ1) is 12.6. The number of hydrogen-bond donors (Lipinski definition) is 1. The summed E-state index contributed by atoms with van der Waals surface area (Å²) in [5.74, 6) is 0.832. The summed E-state index contributed by atoms with van der Waals surface area (Å²) in [5, 5.41) is 12.8. The molecule has 0 saturated heterocycles. The van der Waals surface area contributed by atoms with Gasteiger partial charge in [-0.25, -0.2) is 5.06 Å². The standard InChI is InChI=1S/C19H19NO5S/c1-23-15-9-13(10-16(24-2)18(15)25-3)17(21)14-11-26-19(20(14)22)12-7-5-4-6-8-12/h4-11,19,22H,1-3H3. The number of nitrogens with zero attached hydrogens (tertiary/aromatic N) is 1. The van der Waals surface area contributed by atoms with E-state index >= 15 is 0 Å². The molecule has 1 atom stereocenters. The van der Waals surface area contributed by atoms with E-state index in [0.717, 1.165) is 10.6 Å². The molecular weight excluding hydrogens is 354 g/mol. The maximum atomic E-state index is 12.9.